The number of hydrogen-bond acceptors (Lipinski definition) is 3. The molecule has 0 aliphatic carbocycles. The van der Waals surface area contributed by atoms with Crippen LogP contribution in [-0.4, -0.2) is 41.6 Å². The monoisotopic (exact) mass is 290 g/mol. The molecule has 4 heteroatoms. The van der Waals surface area contributed by atoms with Crippen LogP contribution in [0.5, 0.6) is 0 Å². The van der Waals surface area contributed by atoms with Gasteiger partial charge in [0.25, 0.3) is 5.91 Å². The van der Waals surface area contributed by atoms with Crippen LogP contribution in [0, 0.1) is 5.92 Å². The largest absolute Gasteiger partial charge is 0.378 e. The Balaban J connectivity index is 2.04. The minimum Gasteiger partial charge on any atom is -0.378 e. The van der Waals surface area contributed by atoms with Crippen molar-refractivity contribution in [1.82, 2.24) is 10.2 Å². The highest BCUT2D eigenvalue weighted by atomic mass is 16.3. The summed E-state index contributed by atoms with van der Waals surface area (Å²) in [6.45, 7) is 6.75. The number of nitrogens with zero attached hydrogens (tertiary/aromatic N) is 1. The summed E-state index contributed by atoms with van der Waals surface area (Å²) < 4.78 is 0. The molecule has 2 N–H and O–H groups in total. The predicted molar refractivity (Wildman–Crippen MR) is 83.8 cm³/mol. The first-order valence-corrected chi connectivity index (χ1v) is 7.83. The molecule has 2 unspecified atom stereocenters. The lowest BCUT2D eigenvalue weighted by Gasteiger charge is -2.34. The van der Waals surface area contributed by atoms with Crippen LogP contribution in [-0.2, 0) is 4.79 Å². The van der Waals surface area contributed by atoms with Gasteiger partial charge in [0.05, 0.1) is 0 Å². The number of piperidine rings is 1. The van der Waals surface area contributed by atoms with Gasteiger partial charge in [-0.2, -0.15) is 0 Å². The van der Waals surface area contributed by atoms with E-state index >= 15 is 0 Å². The van der Waals surface area contributed by atoms with Gasteiger partial charge in [-0.25, -0.2) is 0 Å². The number of hydrogen-bond donors (Lipinski definition) is 2. The van der Waals surface area contributed by atoms with E-state index in [1.807, 2.05) is 36.9 Å². The van der Waals surface area contributed by atoms with E-state index in [0.29, 0.717) is 18.0 Å². The van der Waals surface area contributed by atoms with Crippen molar-refractivity contribution in [3.05, 3.63) is 35.9 Å². The number of carbonyl (C=O) groups excluding carboxylic acids is 1. The van der Waals surface area contributed by atoms with Crippen molar-refractivity contribution in [1.29, 1.82) is 0 Å². The summed E-state index contributed by atoms with van der Waals surface area (Å²) in [6.07, 6.45) is 1.24. The molecule has 1 aliphatic heterocycles. The summed E-state index contributed by atoms with van der Waals surface area (Å²) in [6, 6.07) is 9.26. The number of aliphatic hydroxyl groups is 1. The number of benzene rings is 1. The molecule has 2 atom stereocenters. The normalized spacial score (nSPS) is 20.3. The van der Waals surface area contributed by atoms with Crippen LogP contribution in [0.1, 0.15) is 38.4 Å². The van der Waals surface area contributed by atoms with E-state index in [1.54, 1.807) is 12.1 Å². The van der Waals surface area contributed by atoms with Crippen LogP contribution in [0.25, 0.3) is 0 Å². The topological polar surface area (TPSA) is 52.6 Å². The lowest BCUT2D eigenvalue weighted by atomic mass is 9.97. The molecule has 0 aromatic heterocycles. The number of rotatable bonds is 5. The van der Waals surface area contributed by atoms with Crippen LogP contribution in [0.4, 0.5) is 0 Å². The Kier molecular flexibility index (Phi) is 5.76. The molecule has 116 valence electrons. The van der Waals surface area contributed by atoms with E-state index in [1.165, 1.54) is 0 Å². The van der Waals surface area contributed by atoms with Gasteiger partial charge in [0.1, 0.15) is 0 Å². The number of amides is 1. The van der Waals surface area contributed by atoms with E-state index in [-0.39, 0.29) is 11.9 Å². The molecule has 1 heterocycles. The Hall–Kier alpha value is -1.39. The van der Waals surface area contributed by atoms with Crippen molar-refractivity contribution in [2.45, 2.75) is 38.8 Å². The second-order valence-electron chi connectivity index (χ2n) is 6.11. The summed E-state index contributed by atoms with van der Waals surface area (Å²) in [7, 11) is 0. The summed E-state index contributed by atoms with van der Waals surface area (Å²) in [5, 5.41) is 13.7. The van der Waals surface area contributed by atoms with E-state index in [0.717, 1.165) is 25.9 Å². The first-order chi connectivity index (χ1) is 10.1. The smallest absolute Gasteiger partial charge is 0.256 e. The molecule has 0 bridgehead atoms. The molecule has 2 rings (SSSR count). The van der Waals surface area contributed by atoms with E-state index < -0.39 is 6.10 Å². The van der Waals surface area contributed by atoms with Crippen molar-refractivity contribution in [3.8, 4) is 0 Å². The standard InChI is InChI=1S/C17H26N2O2/c1-13(2)19(12-14-7-6-10-18-11-14)17(21)16(20)15-8-4-3-5-9-15/h3-5,8-9,13-14,16,18,20H,6-7,10-12H2,1-2H3. The van der Waals surface area contributed by atoms with E-state index in [9.17, 15) is 9.90 Å². The quantitative estimate of drug-likeness (QED) is 0.871. The SMILES string of the molecule is CC(C)N(CC1CCCNC1)C(=O)C(O)c1ccccc1. The summed E-state index contributed by atoms with van der Waals surface area (Å²) in [5.41, 5.74) is 0.662. The van der Waals surface area contributed by atoms with Crippen molar-refractivity contribution in [2.24, 2.45) is 5.92 Å². The molecule has 1 aromatic carbocycles. The third kappa shape index (κ3) is 4.29. The fourth-order valence-corrected chi connectivity index (χ4v) is 2.85. The predicted octanol–water partition coefficient (Wildman–Crippen LogP) is 1.96. The fraction of sp³-hybridized carbons (Fsp3) is 0.588. The molecule has 1 saturated heterocycles. The molecule has 4 nitrogen and oxygen atoms in total. The fourth-order valence-electron chi connectivity index (χ4n) is 2.85. The average molecular weight is 290 g/mol. The zero-order valence-electron chi connectivity index (χ0n) is 13.0. The maximum absolute atomic E-state index is 12.6. The lowest BCUT2D eigenvalue weighted by Crippen LogP contribution is -2.46. The van der Waals surface area contributed by atoms with Crippen LogP contribution in [0.2, 0.25) is 0 Å². The molecule has 1 aliphatic rings. The minimum atomic E-state index is -1.06. The van der Waals surface area contributed by atoms with Crippen molar-refractivity contribution in [3.63, 3.8) is 0 Å². The average Bonchev–Trinajstić information content (AvgIpc) is 2.53. The highest BCUT2D eigenvalue weighted by molar-refractivity contribution is 5.82. The first-order valence-electron chi connectivity index (χ1n) is 7.83. The second-order valence-corrected chi connectivity index (χ2v) is 6.11. The van der Waals surface area contributed by atoms with Crippen molar-refractivity contribution < 1.29 is 9.90 Å². The summed E-state index contributed by atoms with van der Waals surface area (Å²) in [4.78, 5) is 14.4. The number of nitrogens with one attached hydrogen (secondary N) is 1. The lowest BCUT2D eigenvalue weighted by molar-refractivity contribution is -0.143. The van der Waals surface area contributed by atoms with E-state index in [2.05, 4.69) is 5.32 Å². The second kappa shape index (κ2) is 7.57. The van der Waals surface area contributed by atoms with Gasteiger partial charge in [-0.15, -0.1) is 0 Å². The Morgan fingerprint density at radius 2 is 2.10 bits per heavy atom. The maximum Gasteiger partial charge on any atom is 0.256 e. The van der Waals surface area contributed by atoms with Crippen LogP contribution < -0.4 is 5.32 Å². The molecule has 0 radical (unpaired) electrons. The minimum absolute atomic E-state index is 0.0952. The Morgan fingerprint density at radius 1 is 1.38 bits per heavy atom. The van der Waals surface area contributed by atoms with Crippen LogP contribution >= 0.6 is 0 Å². The van der Waals surface area contributed by atoms with Gasteiger partial charge in [0.2, 0.25) is 0 Å². The van der Waals surface area contributed by atoms with Gasteiger partial charge in [-0.1, -0.05) is 30.3 Å². The number of aliphatic hydroxyl groups excluding tert-OH is 1. The van der Waals surface area contributed by atoms with E-state index in [4.69, 9.17) is 0 Å². The highest BCUT2D eigenvalue weighted by Crippen LogP contribution is 2.20. The van der Waals surface area contributed by atoms with Crippen molar-refractivity contribution in [2.75, 3.05) is 19.6 Å². The zero-order valence-corrected chi connectivity index (χ0v) is 13.0. The van der Waals surface area contributed by atoms with Gasteiger partial charge < -0.3 is 15.3 Å². The summed E-state index contributed by atoms with van der Waals surface area (Å²) in [5.74, 6) is 0.287. The Labute approximate surface area is 127 Å². The Bertz CT molecular complexity index is 441. The van der Waals surface area contributed by atoms with Gasteiger partial charge in [-0.05, 0) is 51.3 Å². The molecular formula is C17H26N2O2. The van der Waals surface area contributed by atoms with Gasteiger partial charge >= 0.3 is 0 Å². The zero-order chi connectivity index (χ0) is 15.2. The van der Waals surface area contributed by atoms with Crippen LogP contribution in [0.3, 0.4) is 0 Å². The van der Waals surface area contributed by atoms with Gasteiger partial charge in [-0.3, -0.25) is 4.79 Å². The molecule has 1 aromatic rings. The van der Waals surface area contributed by atoms with Crippen molar-refractivity contribution >= 4 is 5.91 Å². The van der Waals surface area contributed by atoms with Crippen LogP contribution in [0.15, 0.2) is 30.3 Å². The third-order valence-electron chi connectivity index (χ3n) is 4.11. The molecule has 1 fully saturated rings. The third-order valence-corrected chi connectivity index (χ3v) is 4.11. The summed E-state index contributed by atoms with van der Waals surface area (Å²) >= 11 is 0. The molecule has 0 spiro atoms. The molecule has 1 amide bonds. The maximum atomic E-state index is 12.6. The number of carbonyl (C=O) groups is 1. The van der Waals surface area contributed by atoms with Gasteiger partial charge in [0.15, 0.2) is 6.10 Å². The van der Waals surface area contributed by atoms with Gasteiger partial charge in [0, 0.05) is 12.6 Å². The first kappa shape index (κ1) is 16.0. The highest BCUT2D eigenvalue weighted by Gasteiger charge is 2.28. The Morgan fingerprint density at radius 3 is 2.67 bits per heavy atom. The molecular weight excluding hydrogens is 264 g/mol. The molecule has 21 heavy (non-hydrogen) atoms. The molecule has 0 saturated carbocycles.